The van der Waals surface area contributed by atoms with E-state index in [2.05, 4.69) is 9.97 Å². The first-order valence-electron chi connectivity index (χ1n) is 6.34. The van der Waals surface area contributed by atoms with Crippen molar-refractivity contribution in [2.24, 2.45) is 7.05 Å². The van der Waals surface area contributed by atoms with E-state index in [1.165, 1.54) is 11.8 Å². The molecule has 4 nitrogen and oxygen atoms in total. The topological polar surface area (TPSA) is 47.8 Å². The Labute approximate surface area is 130 Å². The molecular formula is C15H12ClN3OS. The number of para-hydroxylation sites is 1. The van der Waals surface area contributed by atoms with E-state index in [9.17, 15) is 4.79 Å². The molecule has 0 fully saturated rings. The van der Waals surface area contributed by atoms with Crippen molar-refractivity contribution in [1.82, 2.24) is 14.5 Å². The predicted octanol–water partition coefficient (Wildman–Crippen LogP) is 3.27. The van der Waals surface area contributed by atoms with Crippen LogP contribution in [0, 0.1) is 0 Å². The summed E-state index contributed by atoms with van der Waals surface area (Å²) in [7, 11) is 1.74. The number of benzene rings is 1. The summed E-state index contributed by atoms with van der Waals surface area (Å²) in [5, 5.41) is 1.80. The van der Waals surface area contributed by atoms with Crippen molar-refractivity contribution in [2.45, 2.75) is 10.9 Å². The van der Waals surface area contributed by atoms with E-state index in [0.29, 0.717) is 21.4 Å². The minimum Gasteiger partial charge on any atom is -0.290 e. The van der Waals surface area contributed by atoms with Crippen molar-refractivity contribution >= 4 is 34.3 Å². The molecule has 0 aliphatic carbocycles. The van der Waals surface area contributed by atoms with Crippen LogP contribution in [0.15, 0.2) is 52.5 Å². The molecule has 0 bridgehead atoms. The highest BCUT2D eigenvalue weighted by Gasteiger charge is 2.08. The highest BCUT2D eigenvalue weighted by atomic mass is 35.5. The summed E-state index contributed by atoms with van der Waals surface area (Å²) in [6.45, 7) is 0. The zero-order valence-electron chi connectivity index (χ0n) is 11.3. The van der Waals surface area contributed by atoms with Crippen LogP contribution in [-0.2, 0) is 12.8 Å². The Balaban J connectivity index is 1.92. The van der Waals surface area contributed by atoms with Gasteiger partial charge in [-0.1, -0.05) is 41.6 Å². The monoisotopic (exact) mass is 317 g/mol. The van der Waals surface area contributed by atoms with E-state index in [-0.39, 0.29) is 5.56 Å². The molecule has 0 saturated carbocycles. The van der Waals surface area contributed by atoms with Gasteiger partial charge in [0.1, 0.15) is 5.15 Å². The highest BCUT2D eigenvalue weighted by Crippen LogP contribution is 2.21. The van der Waals surface area contributed by atoms with E-state index < -0.39 is 0 Å². The zero-order valence-corrected chi connectivity index (χ0v) is 12.9. The average molecular weight is 318 g/mol. The molecule has 0 unspecified atom stereocenters. The van der Waals surface area contributed by atoms with Gasteiger partial charge in [-0.2, -0.15) is 0 Å². The van der Waals surface area contributed by atoms with Gasteiger partial charge < -0.3 is 0 Å². The first-order valence-corrected chi connectivity index (χ1v) is 7.70. The number of hydrogen-bond donors (Lipinski definition) is 0. The van der Waals surface area contributed by atoms with Gasteiger partial charge in [-0.3, -0.25) is 9.36 Å². The van der Waals surface area contributed by atoms with E-state index in [1.54, 1.807) is 29.9 Å². The van der Waals surface area contributed by atoms with Crippen molar-refractivity contribution in [1.29, 1.82) is 0 Å². The molecular weight excluding hydrogens is 306 g/mol. The molecule has 0 aliphatic heterocycles. The van der Waals surface area contributed by atoms with Crippen LogP contribution in [0.25, 0.3) is 10.9 Å². The van der Waals surface area contributed by atoms with Gasteiger partial charge >= 0.3 is 0 Å². The molecule has 6 heteroatoms. The third-order valence-electron chi connectivity index (χ3n) is 3.10. The van der Waals surface area contributed by atoms with Gasteiger partial charge in [0.25, 0.3) is 5.56 Å². The summed E-state index contributed by atoms with van der Waals surface area (Å²) < 4.78 is 1.58. The van der Waals surface area contributed by atoms with E-state index in [4.69, 9.17) is 11.6 Å². The molecule has 2 aromatic heterocycles. The first-order chi connectivity index (χ1) is 10.1. The Morgan fingerprint density at radius 1 is 1.24 bits per heavy atom. The summed E-state index contributed by atoms with van der Waals surface area (Å²) in [4.78, 5) is 20.9. The molecule has 0 atom stereocenters. The second-order valence-corrected chi connectivity index (χ2v) is 5.88. The summed E-state index contributed by atoms with van der Waals surface area (Å²) in [6.07, 6.45) is 1.73. The quantitative estimate of drug-likeness (QED) is 0.422. The van der Waals surface area contributed by atoms with Gasteiger partial charge in [-0.15, -0.1) is 0 Å². The molecule has 106 valence electrons. The fraction of sp³-hybridized carbons (Fsp3) is 0.133. The number of rotatable bonds is 3. The minimum absolute atomic E-state index is 0.0302. The maximum Gasteiger partial charge on any atom is 0.261 e. The fourth-order valence-electron chi connectivity index (χ4n) is 1.97. The second kappa shape index (κ2) is 5.87. The third kappa shape index (κ3) is 2.94. The first kappa shape index (κ1) is 14.1. The number of nitrogens with zero attached hydrogens (tertiary/aromatic N) is 3. The highest BCUT2D eigenvalue weighted by molar-refractivity contribution is 7.98. The molecule has 2 heterocycles. The van der Waals surface area contributed by atoms with Gasteiger partial charge in [0, 0.05) is 19.0 Å². The van der Waals surface area contributed by atoms with Gasteiger partial charge in [-0.25, -0.2) is 9.97 Å². The van der Waals surface area contributed by atoms with Gasteiger partial charge in [-0.05, 0) is 23.8 Å². The maximum absolute atomic E-state index is 12.3. The lowest BCUT2D eigenvalue weighted by Crippen LogP contribution is -2.19. The van der Waals surface area contributed by atoms with Gasteiger partial charge in [0.05, 0.1) is 10.9 Å². The number of halogens is 1. The van der Waals surface area contributed by atoms with Gasteiger partial charge in [0.15, 0.2) is 5.16 Å². The lowest BCUT2D eigenvalue weighted by Gasteiger charge is -2.08. The van der Waals surface area contributed by atoms with Gasteiger partial charge in [0.2, 0.25) is 0 Å². The molecule has 0 aliphatic rings. The number of aromatic nitrogens is 3. The molecule has 1 aromatic carbocycles. The van der Waals surface area contributed by atoms with Crippen LogP contribution in [0.4, 0.5) is 0 Å². The van der Waals surface area contributed by atoms with Crippen LogP contribution in [0.2, 0.25) is 5.15 Å². The van der Waals surface area contributed by atoms with Crippen LogP contribution in [0.1, 0.15) is 5.56 Å². The lowest BCUT2D eigenvalue weighted by molar-refractivity contribution is 0.726. The Morgan fingerprint density at radius 2 is 2.05 bits per heavy atom. The summed E-state index contributed by atoms with van der Waals surface area (Å²) in [5.74, 6) is 0.683. The number of fused-ring (bicyclic) bond motifs is 1. The molecule has 3 aromatic rings. The van der Waals surface area contributed by atoms with E-state index in [1.807, 2.05) is 24.3 Å². The average Bonchev–Trinajstić information content (AvgIpc) is 2.51. The molecule has 3 rings (SSSR count). The molecule has 0 saturated heterocycles. The zero-order chi connectivity index (χ0) is 14.8. The van der Waals surface area contributed by atoms with Crippen molar-refractivity contribution in [3.05, 3.63) is 63.7 Å². The van der Waals surface area contributed by atoms with Crippen LogP contribution in [0.3, 0.4) is 0 Å². The van der Waals surface area contributed by atoms with Crippen LogP contribution in [0.5, 0.6) is 0 Å². The van der Waals surface area contributed by atoms with Crippen LogP contribution >= 0.6 is 23.4 Å². The Hall–Kier alpha value is -1.85. The Morgan fingerprint density at radius 3 is 2.81 bits per heavy atom. The standard InChI is InChI=1S/C15H12ClN3OS/c1-19-14(20)11-4-2-3-5-12(11)18-15(19)21-9-10-6-7-13(16)17-8-10/h2-8H,9H2,1H3. The predicted molar refractivity (Wildman–Crippen MR) is 85.8 cm³/mol. The minimum atomic E-state index is -0.0302. The molecule has 0 amide bonds. The largest absolute Gasteiger partial charge is 0.290 e. The molecule has 21 heavy (non-hydrogen) atoms. The SMILES string of the molecule is Cn1c(SCc2ccc(Cl)nc2)nc2ccccc2c1=O. The molecule has 0 radical (unpaired) electrons. The normalized spacial score (nSPS) is 11.0. The van der Waals surface area contributed by atoms with Crippen LogP contribution in [-0.4, -0.2) is 14.5 Å². The Bertz CT molecular complexity index is 846. The summed E-state index contributed by atoms with van der Waals surface area (Å²) >= 11 is 7.27. The maximum atomic E-state index is 12.3. The fourth-order valence-corrected chi connectivity index (χ4v) is 2.98. The number of pyridine rings is 1. The van der Waals surface area contributed by atoms with Crippen molar-refractivity contribution < 1.29 is 0 Å². The van der Waals surface area contributed by atoms with Crippen molar-refractivity contribution in [2.75, 3.05) is 0 Å². The van der Waals surface area contributed by atoms with E-state index >= 15 is 0 Å². The summed E-state index contributed by atoms with van der Waals surface area (Å²) in [5.41, 5.74) is 1.72. The third-order valence-corrected chi connectivity index (χ3v) is 4.42. The van der Waals surface area contributed by atoms with Crippen molar-refractivity contribution in [3.63, 3.8) is 0 Å². The molecule has 0 N–H and O–H groups in total. The molecule has 0 spiro atoms. The summed E-state index contributed by atoms with van der Waals surface area (Å²) in [6, 6.07) is 11.0. The lowest BCUT2D eigenvalue weighted by atomic mass is 10.2. The Kier molecular flexibility index (Phi) is 3.94. The second-order valence-electron chi connectivity index (χ2n) is 4.55. The number of thioether (sulfide) groups is 1. The van der Waals surface area contributed by atoms with Crippen molar-refractivity contribution in [3.8, 4) is 0 Å². The van der Waals surface area contributed by atoms with Crippen LogP contribution < -0.4 is 5.56 Å². The van der Waals surface area contributed by atoms with E-state index in [0.717, 1.165) is 11.1 Å². The smallest absolute Gasteiger partial charge is 0.261 e. The number of hydrogen-bond acceptors (Lipinski definition) is 4.